The minimum Gasteiger partial charge on any atom is -0.342 e. The molecule has 0 unspecified atom stereocenters. The minimum atomic E-state index is -0.0569. The summed E-state index contributed by atoms with van der Waals surface area (Å²) in [7, 11) is 1.93. The first kappa shape index (κ1) is 22.7. The molecule has 0 radical (unpaired) electrons. The topological polar surface area (TPSA) is 132 Å². The summed E-state index contributed by atoms with van der Waals surface area (Å²) >= 11 is 0. The number of nitrogens with zero attached hydrogens (tertiary/aromatic N) is 8. The van der Waals surface area contributed by atoms with Gasteiger partial charge in [0.25, 0.3) is 5.91 Å². The Morgan fingerprint density at radius 2 is 1.97 bits per heavy atom. The number of fused-ring (bicyclic) bond motifs is 1. The number of anilines is 3. The highest BCUT2D eigenvalue weighted by Gasteiger charge is 2.34. The Morgan fingerprint density at radius 1 is 1.16 bits per heavy atom. The van der Waals surface area contributed by atoms with Crippen LogP contribution in [-0.4, -0.2) is 60.2 Å². The van der Waals surface area contributed by atoms with E-state index in [2.05, 4.69) is 36.5 Å². The number of aromatic amines is 1. The highest BCUT2D eigenvalue weighted by atomic mass is 16.2. The molecule has 2 aliphatic heterocycles. The van der Waals surface area contributed by atoms with Crippen molar-refractivity contribution < 1.29 is 4.79 Å². The number of aryl methyl sites for hydroxylation is 1. The van der Waals surface area contributed by atoms with Gasteiger partial charge in [-0.2, -0.15) is 25.3 Å². The van der Waals surface area contributed by atoms with Gasteiger partial charge in [0, 0.05) is 49.8 Å². The van der Waals surface area contributed by atoms with Crippen LogP contribution in [0.3, 0.4) is 0 Å². The van der Waals surface area contributed by atoms with E-state index in [1.165, 1.54) is 5.56 Å². The normalized spacial score (nSPS) is 15.2. The van der Waals surface area contributed by atoms with Crippen LogP contribution in [0.4, 0.5) is 17.6 Å². The number of carbonyl (C=O) groups is 1. The van der Waals surface area contributed by atoms with Gasteiger partial charge in [0.15, 0.2) is 0 Å². The molecule has 0 aliphatic carbocycles. The lowest BCUT2D eigenvalue weighted by Gasteiger charge is -2.35. The molecule has 1 saturated heterocycles. The number of hydrogen-bond donors (Lipinski definition) is 2. The summed E-state index contributed by atoms with van der Waals surface area (Å²) in [5.41, 5.74) is 5.87. The molecule has 0 bridgehead atoms. The lowest BCUT2D eigenvalue weighted by molar-refractivity contribution is 0.0567. The first-order valence-electron chi connectivity index (χ1n) is 12.2. The van der Waals surface area contributed by atoms with Gasteiger partial charge in [0.2, 0.25) is 11.9 Å². The molecule has 1 aromatic carbocycles. The van der Waals surface area contributed by atoms with E-state index < -0.39 is 0 Å². The SMILES string of the molecule is Cc1nc(Nc2ccc(-c3cn[nH]c3)cc2)nc(N2CCc3cc(C(=O)N4CC(C#N)C4)n(C)c3C2)n1. The van der Waals surface area contributed by atoms with E-state index in [0.29, 0.717) is 43.0 Å². The third-order valence-corrected chi connectivity index (χ3v) is 7.00. The summed E-state index contributed by atoms with van der Waals surface area (Å²) in [6.45, 7) is 4.20. The number of nitrogens with one attached hydrogen (secondary N) is 2. The van der Waals surface area contributed by atoms with Gasteiger partial charge in [-0.3, -0.25) is 9.89 Å². The van der Waals surface area contributed by atoms with Gasteiger partial charge in [-0.15, -0.1) is 0 Å². The molecule has 2 aliphatic rings. The van der Waals surface area contributed by atoms with E-state index >= 15 is 0 Å². The number of nitriles is 1. The number of aromatic nitrogens is 6. The maximum Gasteiger partial charge on any atom is 0.270 e. The highest BCUT2D eigenvalue weighted by Crippen LogP contribution is 2.28. The van der Waals surface area contributed by atoms with E-state index in [9.17, 15) is 4.79 Å². The fourth-order valence-corrected chi connectivity index (χ4v) is 4.86. The van der Waals surface area contributed by atoms with Crippen molar-refractivity contribution in [3.8, 4) is 17.2 Å². The zero-order valence-corrected chi connectivity index (χ0v) is 20.6. The van der Waals surface area contributed by atoms with Gasteiger partial charge in [-0.25, -0.2) is 0 Å². The second-order valence-electron chi connectivity index (χ2n) is 9.46. The van der Waals surface area contributed by atoms with Crippen molar-refractivity contribution in [1.82, 2.24) is 34.6 Å². The van der Waals surface area contributed by atoms with Crippen LogP contribution in [0.5, 0.6) is 0 Å². The molecule has 11 nitrogen and oxygen atoms in total. The van der Waals surface area contributed by atoms with Crippen molar-refractivity contribution >= 4 is 23.5 Å². The number of hydrogen-bond acceptors (Lipinski definition) is 8. The van der Waals surface area contributed by atoms with E-state index in [-0.39, 0.29) is 11.8 Å². The summed E-state index contributed by atoms with van der Waals surface area (Å²) in [4.78, 5) is 30.6. The molecular formula is C26H26N10O. The maximum absolute atomic E-state index is 13.0. The van der Waals surface area contributed by atoms with Crippen LogP contribution in [0.15, 0.2) is 42.7 Å². The summed E-state index contributed by atoms with van der Waals surface area (Å²) in [6, 6.07) is 12.2. The average molecular weight is 495 g/mol. The van der Waals surface area contributed by atoms with Crippen LogP contribution in [0.25, 0.3) is 11.1 Å². The number of rotatable bonds is 5. The molecule has 0 spiro atoms. The van der Waals surface area contributed by atoms with E-state index in [4.69, 9.17) is 10.2 Å². The number of benzene rings is 1. The molecule has 3 aromatic heterocycles. The van der Waals surface area contributed by atoms with Crippen LogP contribution in [-0.2, 0) is 20.0 Å². The number of likely N-dealkylation sites (tertiary alicyclic amines) is 1. The van der Waals surface area contributed by atoms with Crippen LogP contribution in [0.1, 0.15) is 27.6 Å². The summed E-state index contributed by atoms with van der Waals surface area (Å²) in [5, 5.41) is 19.1. The monoisotopic (exact) mass is 494 g/mol. The molecule has 2 N–H and O–H groups in total. The Kier molecular flexibility index (Phi) is 5.56. The maximum atomic E-state index is 13.0. The fraction of sp³-hybridized carbons (Fsp3) is 0.308. The van der Waals surface area contributed by atoms with Gasteiger partial charge < -0.3 is 19.7 Å². The van der Waals surface area contributed by atoms with Gasteiger partial charge >= 0.3 is 0 Å². The van der Waals surface area contributed by atoms with Crippen LogP contribution in [0, 0.1) is 24.2 Å². The zero-order chi connectivity index (χ0) is 25.5. The second kappa shape index (κ2) is 9.05. The smallest absolute Gasteiger partial charge is 0.270 e. The lowest BCUT2D eigenvalue weighted by Crippen LogP contribution is -2.49. The van der Waals surface area contributed by atoms with Crippen molar-refractivity contribution in [2.24, 2.45) is 13.0 Å². The van der Waals surface area contributed by atoms with Crippen molar-refractivity contribution in [2.75, 3.05) is 29.9 Å². The van der Waals surface area contributed by atoms with Gasteiger partial charge in [0.05, 0.1) is 24.7 Å². The van der Waals surface area contributed by atoms with Crippen LogP contribution in [0.2, 0.25) is 0 Å². The first-order valence-corrected chi connectivity index (χ1v) is 12.2. The molecule has 0 saturated carbocycles. The van der Waals surface area contributed by atoms with Crippen molar-refractivity contribution in [1.29, 1.82) is 5.26 Å². The molecular weight excluding hydrogens is 468 g/mol. The number of carbonyl (C=O) groups excluding carboxylic acids is 1. The van der Waals surface area contributed by atoms with Crippen molar-refractivity contribution in [3.63, 3.8) is 0 Å². The zero-order valence-electron chi connectivity index (χ0n) is 20.6. The lowest BCUT2D eigenvalue weighted by atomic mass is 10.0. The molecule has 37 heavy (non-hydrogen) atoms. The average Bonchev–Trinajstić information content (AvgIpc) is 3.52. The molecule has 0 atom stereocenters. The molecule has 11 heteroatoms. The Hall–Kier alpha value is -4.72. The predicted octanol–water partition coefficient (Wildman–Crippen LogP) is 2.81. The van der Waals surface area contributed by atoms with E-state index in [1.807, 2.05) is 55.1 Å². The van der Waals surface area contributed by atoms with E-state index in [1.54, 1.807) is 11.1 Å². The Morgan fingerprint density at radius 3 is 2.70 bits per heavy atom. The van der Waals surface area contributed by atoms with Gasteiger partial charge in [-0.05, 0) is 42.7 Å². The summed E-state index contributed by atoms with van der Waals surface area (Å²) in [6.07, 6.45) is 4.43. The predicted molar refractivity (Wildman–Crippen MR) is 137 cm³/mol. The quantitative estimate of drug-likeness (QED) is 0.433. The first-order chi connectivity index (χ1) is 18.0. The number of H-pyrrole nitrogens is 1. The largest absolute Gasteiger partial charge is 0.342 e. The number of amides is 1. The standard InChI is InChI=1S/C26H26N10O/c1-16-30-25(32-21-5-3-18(4-6-21)20-11-28-29-12-20)33-26(31-16)35-8-7-19-9-22(34(2)23(19)15-35)24(37)36-13-17(10-27)14-36/h3-6,9,11-12,17H,7-8,13-15H2,1-2H3,(H,28,29)(H,30,31,32,33). The molecule has 186 valence electrons. The minimum absolute atomic E-state index is 0.0174. The third-order valence-electron chi connectivity index (χ3n) is 7.00. The Bertz CT molecular complexity index is 1490. The summed E-state index contributed by atoms with van der Waals surface area (Å²) in [5.74, 6) is 1.64. The fourth-order valence-electron chi connectivity index (χ4n) is 4.86. The van der Waals surface area contributed by atoms with Gasteiger partial charge in [0.1, 0.15) is 11.5 Å². The Labute approximate surface area is 213 Å². The van der Waals surface area contributed by atoms with Gasteiger partial charge in [-0.1, -0.05) is 12.1 Å². The molecule has 5 heterocycles. The molecule has 1 fully saturated rings. The highest BCUT2D eigenvalue weighted by molar-refractivity contribution is 5.94. The van der Waals surface area contributed by atoms with Crippen molar-refractivity contribution in [3.05, 3.63) is 65.5 Å². The van der Waals surface area contributed by atoms with Crippen LogP contribution >= 0.6 is 0 Å². The third kappa shape index (κ3) is 4.27. The Balaban J connectivity index is 1.19. The molecule has 1 amide bonds. The molecule has 4 aromatic rings. The van der Waals surface area contributed by atoms with Crippen molar-refractivity contribution in [2.45, 2.75) is 19.9 Å². The molecule has 6 rings (SSSR count). The van der Waals surface area contributed by atoms with E-state index in [0.717, 1.165) is 35.5 Å². The van der Waals surface area contributed by atoms with Crippen LogP contribution < -0.4 is 10.2 Å². The summed E-state index contributed by atoms with van der Waals surface area (Å²) < 4.78 is 1.97. The second-order valence-corrected chi connectivity index (χ2v) is 9.46.